The van der Waals surface area contributed by atoms with E-state index in [0.717, 1.165) is 5.56 Å². The molecule has 1 atom stereocenters. The van der Waals surface area contributed by atoms with E-state index in [1.807, 2.05) is 30.3 Å². The van der Waals surface area contributed by atoms with Crippen molar-refractivity contribution >= 4 is 34.9 Å². The first-order valence-corrected chi connectivity index (χ1v) is 9.50. The number of carbonyl (C=O) groups excluding carboxylic acids is 3. The van der Waals surface area contributed by atoms with Crippen LogP contribution in [0.3, 0.4) is 0 Å². The summed E-state index contributed by atoms with van der Waals surface area (Å²) < 4.78 is 10.4. The Morgan fingerprint density at radius 2 is 1.69 bits per heavy atom. The van der Waals surface area contributed by atoms with Gasteiger partial charge in [-0.3, -0.25) is 4.79 Å². The maximum Gasteiger partial charge on any atom is 0.372 e. The van der Waals surface area contributed by atoms with Gasteiger partial charge in [-0.25, -0.2) is 14.4 Å². The third-order valence-electron chi connectivity index (χ3n) is 3.56. The highest BCUT2D eigenvalue weighted by molar-refractivity contribution is 8.13. The number of aliphatic carboxylic acids is 1. The molecule has 0 saturated carbocycles. The van der Waals surface area contributed by atoms with Crippen LogP contribution in [0.5, 0.6) is 5.75 Å². The summed E-state index contributed by atoms with van der Waals surface area (Å²) in [6, 6.07) is 13.9. The van der Waals surface area contributed by atoms with Crippen LogP contribution in [0.1, 0.15) is 22.8 Å². The number of nitrogens with one attached hydrogen (secondary N) is 1. The fraction of sp³-hybridized carbons (Fsp3) is 0.200. The minimum Gasteiger partial charge on any atom is -0.480 e. The molecule has 2 aromatic carbocycles. The first kappa shape index (κ1) is 22.0. The molecule has 0 aromatic heterocycles. The van der Waals surface area contributed by atoms with Gasteiger partial charge in [-0.05, 0) is 29.5 Å². The minimum absolute atomic E-state index is 0.00513. The van der Waals surface area contributed by atoms with Crippen LogP contribution in [0, 0.1) is 0 Å². The number of rotatable bonds is 8. The highest BCUT2D eigenvalue weighted by Crippen LogP contribution is 2.22. The first-order valence-electron chi connectivity index (χ1n) is 8.51. The topological polar surface area (TPSA) is 119 Å². The maximum atomic E-state index is 12.4. The van der Waals surface area contributed by atoms with E-state index in [4.69, 9.17) is 14.6 Å². The Balaban J connectivity index is 1.96. The number of hydrogen-bond acceptors (Lipinski definition) is 7. The van der Waals surface area contributed by atoms with E-state index in [9.17, 15) is 19.2 Å². The average Bonchev–Trinajstić information content (AvgIpc) is 2.70. The zero-order valence-electron chi connectivity index (χ0n) is 15.5. The van der Waals surface area contributed by atoms with Gasteiger partial charge in [0.2, 0.25) is 5.91 Å². The predicted molar refractivity (Wildman–Crippen MR) is 106 cm³/mol. The molecule has 152 valence electrons. The average molecular weight is 417 g/mol. The largest absolute Gasteiger partial charge is 0.480 e. The summed E-state index contributed by atoms with van der Waals surface area (Å²) in [6.45, 7) is 1.24. The molecule has 0 saturated heterocycles. The van der Waals surface area contributed by atoms with E-state index in [1.54, 1.807) is 12.1 Å². The second-order valence-electron chi connectivity index (χ2n) is 5.81. The van der Waals surface area contributed by atoms with Crippen molar-refractivity contribution in [3.63, 3.8) is 0 Å². The molecule has 29 heavy (non-hydrogen) atoms. The minimum atomic E-state index is -1.27. The highest BCUT2D eigenvalue weighted by Gasteiger charge is 2.22. The third-order valence-corrected chi connectivity index (χ3v) is 4.38. The maximum absolute atomic E-state index is 12.4. The summed E-state index contributed by atoms with van der Waals surface area (Å²) in [5.74, 6) is -2.70. The van der Waals surface area contributed by atoms with Gasteiger partial charge in [0.15, 0.2) is 0 Å². The second-order valence-corrected chi connectivity index (χ2v) is 6.77. The number of benzene rings is 2. The molecule has 2 N–H and O–H groups in total. The lowest BCUT2D eigenvalue weighted by Gasteiger charge is -2.13. The van der Waals surface area contributed by atoms with E-state index >= 15 is 0 Å². The second kappa shape index (κ2) is 10.9. The van der Waals surface area contributed by atoms with Crippen molar-refractivity contribution in [1.29, 1.82) is 0 Å². The molecule has 2 aromatic rings. The van der Waals surface area contributed by atoms with Crippen LogP contribution in [-0.2, 0) is 20.9 Å². The van der Waals surface area contributed by atoms with Crippen molar-refractivity contribution in [3.8, 4) is 5.75 Å². The first-order chi connectivity index (χ1) is 13.9. The lowest BCUT2D eigenvalue weighted by Crippen LogP contribution is -2.41. The van der Waals surface area contributed by atoms with Gasteiger partial charge in [0.1, 0.15) is 24.0 Å². The van der Waals surface area contributed by atoms with Gasteiger partial charge < -0.3 is 19.9 Å². The molecular weight excluding hydrogens is 398 g/mol. The Kier molecular flexibility index (Phi) is 8.23. The van der Waals surface area contributed by atoms with E-state index in [0.29, 0.717) is 11.8 Å². The van der Waals surface area contributed by atoms with Gasteiger partial charge >= 0.3 is 17.2 Å². The molecule has 0 aliphatic carbocycles. The number of carbonyl (C=O) groups is 4. The summed E-state index contributed by atoms with van der Waals surface area (Å²) in [7, 11) is 0. The highest BCUT2D eigenvalue weighted by atomic mass is 32.2. The standard InChI is InChI=1S/C20H19NO7S/c1-13(22)21-16(18(23)24)12-29-20(26)28-17-10-6-5-9-15(17)19(25)27-11-14-7-3-2-4-8-14/h2-10,16H,11-12H2,1H3,(H,21,22)(H,23,24)/t16-/m1/s1. The fourth-order valence-corrected chi connectivity index (χ4v) is 2.89. The molecule has 0 aliphatic rings. The zero-order chi connectivity index (χ0) is 21.2. The summed E-state index contributed by atoms with van der Waals surface area (Å²) in [5, 5.41) is 10.5. The van der Waals surface area contributed by atoms with Crippen molar-refractivity contribution in [2.45, 2.75) is 19.6 Å². The number of hydrogen-bond donors (Lipinski definition) is 2. The van der Waals surface area contributed by atoms with Crippen LogP contribution in [0.25, 0.3) is 0 Å². The zero-order valence-corrected chi connectivity index (χ0v) is 16.3. The lowest BCUT2D eigenvalue weighted by atomic mass is 10.2. The molecule has 0 radical (unpaired) electrons. The SMILES string of the molecule is CC(=O)N[C@H](CSC(=O)Oc1ccccc1C(=O)OCc1ccccc1)C(=O)O. The van der Waals surface area contributed by atoms with Crippen LogP contribution in [0.15, 0.2) is 54.6 Å². The lowest BCUT2D eigenvalue weighted by molar-refractivity contribution is -0.140. The van der Waals surface area contributed by atoms with Crippen molar-refractivity contribution in [1.82, 2.24) is 5.32 Å². The van der Waals surface area contributed by atoms with Crippen molar-refractivity contribution < 1.29 is 33.8 Å². The van der Waals surface area contributed by atoms with E-state index < -0.39 is 29.2 Å². The van der Waals surface area contributed by atoms with E-state index in [-0.39, 0.29) is 23.7 Å². The van der Waals surface area contributed by atoms with Gasteiger partial charge in [-0.1, -0.05) is 42.5 Å². The van der Waals surface area contributed by atoms with Crippen molar-refractivity contribution in [3.05, 3.63) is 65.7 Å². The molecule has 0 unspecified atom stereocenters. The van der Waals surface area contributed by atoms with Crippen molar-refractivity contribution in [2.75, 3.05) is 5.75 Å². The number of ether oxygens (including phenoxy) is 2. The Morgan fingerprint density at radius 3 is 2.34 bits per heavy atom. The third kappa shape index (κ3) is 7.30. The number of carboxylic acid groups (broad SMARTS) is 1. The molecule has 0 aliphatic heterocycles. The summed E-state index contributed by atoms with van der Waals surface area (Å²) in [5.41, 5.74) is 0.873. The smallest absolute Gasteiger partial charge is 0.372 e. The van der Waals surface area contributed by atoms with Crippen LogP contribution >= 0.6 is 11.8 Å². The normalized spacial score (nSPS) is 11.2. The number of amides is 1. The summed E-state index contributed by atoms with van der Waals surface area (Å²) in [6.07, 6.45) is 0. The van der Waals surface area contributed by atoms with E-state index in [2.05, 4.69) is 5.32 Å². The molecule has 9 heteroatoms. The Bertz CT molecular complexity index is 885. The monoisotopic (exact) mass is 417 g/mol. The van der Waals surface area contributed by atoms with Crippen LogP contribution < -0.4 is 10.1 Å². The molecule has 2 rings (SSSR count). The fourth-order valence-electron chi connectivity index (χ4n) is 2.22. The van der Waals surface area contributed by atoms with Gasteiger partial charge in [-0.15, -0.1) is 0 Å². The molecule has 0 heterocycles. The molecule has 0 bridgehead atoms. The van der Waals surface area contributed by atoms with Crippen LogP contribution in [0.2, 0.25) is 0 Å². The quantitative estimate of drug-likeness (QED) is 0.630. The van der Waals surface area contributed by atoms with Gasteiger partial charge in [-0.2, -0.15) is 0 Å². The van der Waals surface area contributed by atoms with Crippen LogP contribution in [0.4, 0.5) is 4.79 Å². The Labute approximate surface area is 171 Å². The molecular formula is C20H19NO7S. The van der Waals surface area contributed by atoms with Gasteiger partial charge in [0.25, 0.3) is 0 Å². The number of esters is 1. The molecule has 0 fully saturated rings. The summed E-state index contributed by atoms with van der Waals surface area (Å²) in [4.78, 5) is 46.5. The Hall–Kier alpha value is -3.33. The molecule has 1 amide bonds. The number of para-hydroxylation sites is 1. The molecule has 0 spiro atoms. The molecule has 8 nitrogen and oxygen atoms in total. The number of thioether (sulfide) groups is 1. The number of carboxylic acids is 1. The van der Waals surface area contributed by atoms with E-state index in [1.165, 1.54) is 19.1 Å². The predicted octanol–water partition coefficient (Wildman–Crippen LogP) is 2.86. The van der Waals surface area contributed by atoms with Gasteiger partial charge in [0, 0.05) is 12.7 Å². The Morgan fingerprint density at radius 1 is 1.03 bits per heavy atom. The van der Waals surface area contributed by atoms with Crippen LogP contribution in [-0.4, -0.2) is 40.0 Å². The van der Waals surface area contributed by atoms with Gasteiger partial charge in [0.05, 0.1) is 0 Å². The van der Waals surface area contributed by atoms with Crippen molar-refractivity contribution in [2.24, 2.45) is 0 Å². The summed E-state index contributed by atoms with van der Waals surface area (Å²) >= 11 is 0.572.